The summed E-state index contributed by atoms with van der Waals surface area (Å²) in [6.45, 7) is 6.55. The third kappa shape index (κ3) is 6.29. The van der Waals surface area contributed by atoms with Crippen molar-refractivity contribution in [2.45, 2.75) is 56.3 Å². The Kier molecular flexibility index (Phi) is 9.01. The molecule has 4 fully saturated rings. The highest BCUT2D eigenvalue weighted by molar-refractivity contribution is 6.23. The number of likely N-dealkylation sites (tertiary alicyclic amines) is 2. The lowest BCUT2D eigenvalue weighted by molar-refractivity contribution is -0.136. The molecule has 4 saturated heterocycles. The molecule has 0 radical (unpaired) electrons. The average molecular weight is 784 g/mol. The predicted octanol–water partition coefficient (Wildman–Crippen LogP) is 3.48. The van der Waals surface area contributed by atoms with Crippen LogP contribution in [-0.4, -0.2) is 118 Å². The van der Waals surface area contributed by atoms with E-state index in [-0.39, 0.29) is 18.9 Å². The number of para-hydroxylation sites is 1. The lowest BCUT2D eigenvalue weighted by Gasteiger charge is -2.55. The van der Waals surface area contributed by atoms with Crippen molar-refractivity contribution in [2.24, 2.45) is 11.7 Å². The molecule has 2 atom stereocenters. The molecule has 0 spiro atoms. The fourth-order valence-corrected chi connectivity index (χ4v) is 9.72. The van der Waals surface area contributed by atoms with E-state index in [1.165, 1.54) is 0 Å². The highest BCUT2D eigenvalue weighted by atomic mass is 16.5. The smallest absolute Gasteiger partial charge is 0.262 e. The zero-order valence-electron chi connectivity index (χ0n) is 32.0. The molecule has 3 aromatic carbocycles. The lowest BCUT2D eigenvalue weighted by Crippen LogP contribution is -2.70. The van der Waals surface area contributed by atoms with Crippen LogP contribution in [0.3, 0.4) is 0 Å². The van der Waals surface area contributed by atoms with Gasteiger partial charge in [-0.2, -0.15) is 5.10 Å². The molecule has 5 amide bonds. The summed E-state index contributed by atoms with van der Waals surface area (Å²) in [5.41, 5.74) is 9.31. The van der Waals surface area contributed by atoms with Gasteiger partial charge < -0.3 is 20.7 Å². The molecule has 15 heteroatoms. The van der Waals surface area contributed by atoms with E-state index in [2.05, 4.69) is 25.3 Å². The van der Waals surface area contributed by atoms with E-state index < -0.39 is 35.6 Å². The molecule has 7 heterocycles. The highest BCUT2D eigenvalue weighted by Gasteiger charge is 2.46. The number of rotatable bonds is 9. The van der Waals surface area contributed by atoms with Gasteiger partial charge in [0.2, 0.25) is 11.8 Å². The number of hydrogen-bond donors (Lipinski definition) is 3. The van der Waals surface area contributed by atoms with Crippen molar-refractivity contribution in [3.63, 3.8) is 0 Å². The molecule has 0 saturated carbocycles. The maximum Gasteiger partial charge on any atom is 0.262 e. The number of benzene rings is 3. The maximum atomic E-state index is 13.3. The van der Waals surface area contributed by atoms with Gasteiger partial charge in [-0.15, -0.1) is 0 Å². The second-order valence-corrected chi connectivity index (χ2v) is 16.3. The average Bonchev–Trinajstić information content (AvgIpc) is 3.71. The Labute approximate surface area is 335 Å². The van der Waals surface area contributed by atoms with Gasteiger partial charge in [-0.3, -0.25) is 44.0 Å². The molecular formula is C43H45N9O6. The summed E-state index contributed by atoms with van der Waals surface area (Å²) in [6.07, 6.45) is 3.29. The Morgan fingerprint density at radius 3 is 2.21 bits per heavy atom. The van der Waals surface area contributed by atoms with Gasteiger partial charge in [0.25, 0.3) is 17.7 Å². The van der Waals surface area contributed by atoms with Crippen molar-refractivity contribution < 1.29 is 28.7 Å². The monoisotopic (exact) mass is 783 g/mol. The lowest BCUT2D eigenvalue weighted by atomic mass is 9.85. The van der Waals surface area contributed by atoms with Crippen LogP contribution in [0.2, 0.25) is 0 Å². The SMILES string of the molecule is NC(=O)c1c(-c2ccc(Oc3ccccc3)cc2)nn2c1NCC[C@H]2C1CCN(C2CN(C3CN(c4ccc5c(c4)C(=O)N(C4CCC(=O)NC4=O)C5=O)C3)C2)CC1. The van der Waals surface area contributed by atoms with E-state index in [1.807, 2.05) is 65.3 Å². The Bertz CT molecular complexity index is 2310. The van der Waals surface area contributed by atoms with E-state index in [9.17, 15) is 24.0 Å². The quantitative estimate of drug-likeness (QED) is 0.212. The van der Waals surface area contributed by atoms with Crippen LogP contribution in [0.4, 0.5) is 11.5 Å². The molecule has 4 aromatic rings. The largest absolute Gasteiger partial charge is 0.457 e. The molecular weight excluding hydrogens is 739 g/mol. The molecule has 0 bridgehead atoms. The number of carbonyl (C=O) groups excluding carboxylic acids is 5. The third-order valence-corrected chi connectivity index (χ3v) is 13.0. The van der Waals surface area contributed by atoms with Crippen molar-refractivity contribution in [1.82, 2.24) is 29.8 Å². The Hall–Kier alpha value is -6.06. The van der Waals surface area contributed by atoms with Gasteiger partial charge in [0.1, 0.15) is 34.6 Å². The molecule has 298 valence electrons. The van der Waals surface area contributed by atoms with Gasteiger partial charge in [0, 0.05) is 62.5 Å². The number of nitrogens with zero attached hydrogens (tertiary/aromatic N) is 6. The Morgan fingerprint density at radius 1 is 0.776 bits per heavy atom. The molecule has 1 unspecified atom stereocenters. The number of primary amides is 1. The minimum atomic E-state index is -0.970. The van der Waals surface area contributed by atoms with Crippen LogP contribution in [0.15, 0.2) is 72.8 Å². The van der Waals surface area contributed by atoms with Crippen LogP contribution in [0.25, 0.3) is 11.3 Å². The number of nitrogens with two attached hydrogens (primary N) is 1. The van der Waals surface area contributed by atoms with Gasteiger partial charge in [-0.25, -0.2) is 4.68 Å². The van der Waals surface area contributed by atoms with Crippen molar-refractivity contribution in [1.29, 1.82) is 0 Å². The first-order chi connectivity index (χ1) is 28.2. The standard InChI is InChI=1S/C43H45N9O6/c44-39(54)37-38(26-6-9-31(10-7-26)58-30-4-2-1-3-5-30)47-52-34(14-17-45-40(37)52)25-15-18-48(19-16-25)28-21-50(22-28)29-23-49(24-29)27-8-11-32-33(20-27)43(57)51(42(32)56)35-12-13-36(53)46-41(35)55/h1-11,20,25,28-29,34-35,45H,12-19,21-24H2,(H2,44,54)(H,46,53,55)/t34-,35?/m0/s1. The first-order valence-corrected chi connectivity index (χ1v) is 20.3. The Balaban J connectivity index is 0.728. The molecule has 1 aromatic heterocycles. The minimum Gasteiger partial charge on any atom is -0.457 e. The highest BCUT2D eigenvalue weighted by Crippen LogP contribution is 2.41. The summed E-state index contributed by atoms with van der Waals surface area (Å²) >= 11 is 0. The minimum absolute atomic E-state index is 0.0937. The van der Waals surface area contributed by atoms with Gasteiger partial charge >= 0.3 is 0 Å². The van der Waals surface area contributed by atoms with Crippen LogP contribution in [-0.2, 0) is 9.59 Å². The molecule has 10 rings (SSSR count). The summed E-state index contributed by atoms with van der Waals surface area (Å²) in [4.78, 5) is 71.8. The topological polar surface area (TPSA) is 175 Å². The molecule has 6 aliphatic rings. The van der Waals surface area contributed by atoms with E-state index in [4.69, 9.17) is 15.6 Å². The summed E-state index contributed by atoms with van der Waals surface area (Å²) < 4.78 is 8.01. The number of anilines is 2. The van der Waals surface area contributed by atoms with E-state index in [1.54, 1.807) is 12.1 Å². The van der Waals surface area contributed by atoms with Crippen LogP contribution in [0, 0.1) is 5.92 Å². The second-order valence-electron chi connectivity index (χ2n) is 16.3. The number of piperidine rings is 2. The van der Waals surface area contributed by atoms with Gasteiger partial charge in [0.05, 0.1) is 17.2 Å². The van der Waals surface area contributed by atoms with Gasteiger partial charge in [-0.1, -0.05) is 18.2 Å². The molecule has 4 N–H and O–H groups in total. The first kappa shape index (κ1) is 36.3. The van der Waals surface area contributed by atoms with Crippen molar-refractivity contribution >= 4 is 41.0 Å². The van der Waals surface area contributed by atoms with Crippen LogP contribution in [0.1, 0.15) is 69.2 Å². The number of imide groups is 2. The van der Waals surface area contributed by atoms with E-state index >= 15 is 0 Å². The van der Waals surface area contributed by atoms with Crippen LogP contribution >= 0.6 is 0 Å². The number of amides is 5. The Morgan fingerprint density at radius 2 is 1.48 bits per heavy atom. The fraction of sp³-hybridized carbons (Fsp3) is 0.395. The third-order valence-electron chi connectivity index (χ3n) is 13.0. The number of ether oxygens (including phenoxy) is 1. The normalized spacial score (nSPS) is 23.2. The number of aromatic nitrogens is 2. The molecule has 58 heavy (non-hydrogen) atoms. The predicted molar refractivity (Wildman–Crippen MR) is 214 cm³/mol. The summed E-state index contributed by atoms with van der Waals surface area (Å²) in [5.74, 6) is 0.140. The number of nitrogens with one attached hydrogen (secondary N) is 2. The second kappa shape index (κ2) is 14.4. The number of hydrogen-bond acceptors (Lipinski definition) is 11. The number of carbonyl (C=O) groups is 5. The molecule has 6 aliphatic heterocycles. The molecule has 15 nitrogen and oxygen atoms in total. The molecule has 0 aliphatic carbocycles. The van der Waals surface area contributed by atoms with E-state index in [0.717, 1.165) is 87.0 Å². The zero-order chi connectivity index (χ0) is 39.7. The summed E-state index contributed by atoms with van der Waals surface area (Å²) in [6, 6.07) is 22.7. The summed E-state index contributed by atoms with van der Waals surface area (Å²) in [7, 11) is 0. The van der Waals surface area contributed by atoms with Gasteiger partial charge in [0.15, 0.2) is 0 Å². The van der Waals surface area contributed by atoms with Crippen molar-refractivity contribution in [3.8, 4) is 22.8 Å². The maximum absolute atomic E-state index is 13.3. The number of fused-ring (bicyclic) bond motifs is 2. The van der Waals surface area contributed by atoms with Crippen LogP contribution < -0.4 is 26.0 Å². The summed E-state index contributed by atoms with van der Waals surface area (Å²) in [5, 5.41) is 10.7. The first-order valence-electron chi connectivity index (χ1n) is 20.3. The zero-order valence-corrected chi connectivity index (χ0v) is 32.0. The fourth-order valence-electron chi connectivity index (χ4n) is 9.72. The van der Waals surface area contributed by atoms with E-state index in [0.29, 0.717) is 52.0 Å². The van der Waals surface area contributed by atoms with Gasteiger partial charge in [-0.05, 0) is 99.3 Å². The van der Waals surface area contributed by atoms with Crippen molar-refractivity contribution in [3.05, 3.63) is 89.5 Å². The van der Waals surface area contributed by atoms with Crippen molar-refractivity contribution in [2.75, 3.05) is 56.0 Å². The van der Waals surface area contributed by atoms with Crippen LogP contribution in [0.5, 0.6) is 11.5 Å².